The van der Waals surface area contributed by atoms with E-state index in [2.05, 4.69) is 149 Å². The van der Waals surface area contributed by atoms with Gasteiger partial charge in [-0.05, 0) is 68.5 Å². The van der Waals surface area contributed by atoms with E-state index in [0.29, 0.717) is 16.8 Å². The zero-order valence-electron chi connectivity index (χ0n) is 25.7. The molecule has 43 heavy (non-hydrogen) atoms. The second kappa shape index (κ2) is 10.3. The molecule has 0 amide bonds. The number of aromatic nitrogens is 1. The molecule has 0 aliphatic rings. The molecule has 3 heteroatoms. The largest absolute Gasteiger partial charge is 0.307 e. The Morgan fingerprint density at radius 3 is 1.23 bits per heavy atom. The van der Waals surface area contributed by atoms with Crippen molar-refractivity contribution in [1.82, 2.24) is 4.57 Å². The second-order valence-corrected chi connectivity index (χ2v) is 13.3. The van der Waals surface area contributed by atoms with Crippen molar-refractivity contribution in [2.75, 3.05) is 0 Å². The maximum Gasteiger partial charge on any atom is 0.102 e. The third-order valence-corrected chi connectivity index (χ3v) is 8.34. The predicted molar refractivity (Wildman–Crippen MR) is 178 cm³/mol. The Kier molecular flexibility index (Phi) is 6.71. The van der Waals surface area contributed by atoms with Crippen LogP contribution in [0, 0.1) is 22.7 Å². The van der Waals surface area contributed by atoms with E-state index in [9.17, 15) is 10.5 Å². The van der Waals surface area contributed by atoms with Gasteiger partial charge in [-0.3, -0.25) is 0 Å². The summed E-state index contributed by atoms with van der Waals surface area (Å²) >= 11 is 0. The molecular formula is C40H35N3. The number of rotatable bonds is 3. The molecule has 0 atom stereocenters. The molecule has 0 fully saturated rings. The molecule has 3 nitrogen and oxygen atoms in total. The third-order valence-electron chi connectivity index (χ3n) is 8.34. The van der Waals surface area contributed by atoms with Crippen LogP contribution in [0.15, 0.2) is 103 Å². The molecule has 0 aliphatic carbocycles. The second-order valence-electron chi connectivity index (χ2n) is 13.3. The zero-order chi connectivity index (χ0) is 30.5. The minimum atomic E-state index is -0.298. The Labute approximate surface area is 254 Å². The Morgan fingerprint density at radius 2 is 0.884 bits per heavy atom. The molecule has 6 aromatic rings. The van der Waals surface area contributed by atoms with Gasteiger partial charge in [0, 0.05) is 10.8 Å². The van der Waals surface area contributed by atoms with E-state index in [1.165, 1.54) is 0 Å². The molecule has 1 aromatic heterocycles. The van der Waals surface area contributed by atoms with E-state index in [1.54, 1.807) is 0 Å². The van der Waals surface area contributed by atoms with Gasteiger partial charge in [0.1, 0.15) is 12.1 Å². The summed E-state index contributed by atoms with van der Waals surface area (Å²) in [5, 5.41) is 23.6. The van der Waals surface area contributed by atoms with E-state index in [1.807, 2.05) is 12.1 Å². The van der Waals surface area contributed by atoms with E-state index in [0.717, 1.165) is 55.2 Å². The molecule has 5 aromatic carbocycles. The van der Waals surface area contributed by atoms with Gasteiger partial charge < -0.3 is 4.57 Å². The number of benzene rings is 5. The number of hydrogen-bond donors (Lipinski definition) is 0. The number of nitriles is 2. The van der Waals surface area contributed by atoms with Crippen molar-refractivity contribution in [1.29, 1.82) is 10.5 Å². The SMILES string of the molecule is CC(C)(C)c1cc(C(C)(C)C)c(C#N)c(-n2c3ccc(-c4ccccc4)cc3c3cc(-c4ccccc4)ccc32)c1C#N. The first-order valence-electron chi connectivity index (χ1n) is 14.7. The minimum Gasteiger partial charge on any atom is -0.307 e. The molecule has 0 radical (unpaired) electrons. The molecule has 0 unspecified atom stereocenters. The highest BCUT2D eigenvalue weighted by Gasteiger charge is 2.31. The molecule has 6 rings (SSSR count). The summed E-state index contributed by atoms with van der Waals surface area (Å²) in [6, 6.07) is 41.0. The average Bonchev–Trinajstić information content (AvgIpc) is 3.32. The van der Waals surface area contributed by atoms with Gasteiger partial charge in [-0.1, -0.05) is 120 Å². The molecule has 1 heterocycles. The van der Waals surface area contributed by atoms with E-state index < -0.39 is 0 Å². The molecular weight excluding hydrogens is 522 g/mol. The number of hydrogen-bond acceptors (Lipinski definition) is 2. The van der Waals surface area contributed by atoms with E-state index >= 15 is 0 Å². The van der Waals surface area contributed by atoms with Gasteiger partial charge in [0.2, 0.25) is 0 Å². The van der Waals surface area contributed by atoms with Gasteiger partial charge >= 0.3 is 0 Å². The molecule has 0 spiro atoms. The maximum absolute atomic E-state index is 10.7. The van der Waals surface area contributed by atoms with Crippen molar-refractivity contribution in [3.05, 3.63) is 125 Å². The maximum atomic E-state index is 10.7. The van der Waals surface area contributed by atoms with Crippen LogP contribution in [-0.2, 0) is 10.8 Å². The fraction of sp³-hybridized carbons (Fsp3) is 0.200. The van der Waals surface area contributed by atoms with Gasteiger partial charge in [-0.15, -0.1) is 0 Å². The van der Waals surface area contributed by atoms with Crippen molar-refractivity contribution < 1.29 is 0 Å². The molecule has 210 valence electrons. The van der Waals surface area contributed by atoms with Crippen LogP contribution in [0.3, 0.4) is 0 Å². The number of nitrogens with zero attached hydrogens (tertiary/aromatic N) is 3. The van der Waals surface area contributed by atoms with Gasteiger partial charge in [-0.25, -0.2) is 0 Å². The van der Waals surface area contributed by atoms with Gasteiger partial charge in [0.25, 0.3) is 0 Å². The van der Waals surface area contributed by atoms with Crippen LogP contribution in [-0.4, -0.2) is 4.57 Å². The normalized spacial score (nSPS) is 11.9. The lowest BCUT2D eigenvalue weighted by Gasteiger charge is -2.29. The van der Waals surface area contributed by atoms with Crippen molar-refractivity contribution in [2.45, 2.75) is 52.4 Å². The number of fused-ring (bicyclic) bond motifs is 3. The highest BCUT2D eigenvalue weighted by atomic mass is 15.0. The van der Waals surface area contributed by atoms with Crippen LogP contribution in [0.5, 0.6) is 0 Å². The van der Waals surface area contributed by atoms with E-state index in [4.69, 9.17) is 0 Å². The topological polar surface area (TPSA) is 52.5 Å². The highest BCUT2D eigenvalue weighted by molar-refractivity contribution is 6.12. The first kappa shape index (κ1) is 28.0. The lowest BCUT2D eigenvalue weighted by atomic mass is 9.75. The van der Waals surface area contributed by atoms with Gasteiger partial charge in [0.15, 0.2) is 0 Å². The Balaban J connectivity index is 1.80. The zero-order valence-corrected chi connectivity index (χ0v) is 25.7. The monoisotopic (exact) mass is 557 g/mol. The lowest BCUT2D eigenvalue weighted by molar-refractivity contribution is 0.565. The summed E-state index contributed by atoms with van der Waals surface area (Å²) in [4.78, 5) is 0. The van der Waals surface area contributed by atoms with E-state index in [-0.39, 0.29) is 10.8 Å². The van der Waals surface area contributed by atoms with Crippen LogP contribution >= 0.6 is 0 Å². The quantitative estimate of drug-likeness (QED) is 0.217. The van der Waals surface area contributed by atoms with Crippen LogP contribution < -0.4 is 0 Å². The van der Waals surface area contributed by atoms with Crippen LogP contribution in [0.25, 0.3) is 49.7 Å². The van der Waals surface area contributed by atoms with Crippen molar-refractivity contribution in [3.8, 4) is 40.1 Å². The third kappa shape index (κ3) is 4.78. The predicted octanol–water partition coefficient (Wildman–Crippen LogP) is 10.5. The molecule has 0 saturated carbocycles. The Hall–Kier alpha value is -5.12. The van der Waals surface area contributed by atoms with Gasteiger partial charge in [-0.2, -0.15) is 10.5 Å². The molecule has 0 bridgehead atoms. The van der Waals surface area contributed by atoms with Gasteiger partial charge in [0.05, 0.1) is 27.8 Å². The Bertz CT molecular complexity index is 1940. The standard InChI is InChI=1S/C40H35N3/c1-39(2,3)34-23-35(40(4,5)6)33(25-42)38(32(34)24-41)43-36-19-17-28(26-13-9-7-10-14-26)21-30(36)31-22-29(18-20-37(31)43)27-15-11-8-12-16-27/h7-23H,1-6H3. The van der Waals surface area contributed by atoms with Crippen molar-refractivity contribution in [2.24, 2.45) is 0 Å². The summed E-state index contributed by atoms with van der Waals surface area (Å²) in [5.41, 5.74) is 9.55. The summed E-state index contributed by atoms with van der Waals surface area (Å²) < 4.78 is 2.16. The van der Waals surface area contributed by atoms with Crippen LogP contribution in [0.1, 0.15) is 63.8 Å². The lowest BCUT2D eigenvalue weighted by Crippen LogP contribution is -2.22. The molecule has 0 N–H and O–H groups in total. The van der Waals surface area contributed by atoms with Crippen LogP contribution in [0.2, 0.25) is 0 Å². The van der Waals surface area contributed by atoms with Crippen molar-refractivity contribution >= 4 is 21.8 Å². The first-order chi connectivity index (χ1) is 20.5. The Morgan fingerprint density at radius 1 is 0.488 bits per heavy atom. The summed E-state index contributed by atoms with van der Waals surface area (Å²) in [6.07, 6.45) is 0. The molecule has 0 saturated heterocycles. The smallest absolute Gasteiger partial charge is 0.102 e. The summed E-state index contributed by atoms with van der Waals surface area (Å²) in [6.45, 7) is 12.8. The highest BCUT2D eigenvalue weighted by Crippen LogP contribution is 2.43. The minimum absolute atomic E-state index is 0.298. The fourth-order valence-corrected chi connectivity index (χ4v) is 6.19. The van der Waals surface area contributed by atoms with Crippen LogP contribution in [0.4, 0.5) is 0 Å². The fourth-order valence-electron chi connectivity index (χ4n) is 6.19. The first-order valence-corrected chi connectivity index (χ1v) is 14.7. The summed E-state index contributed by atoms with van der Waals surface area (Å²) in [7, 11) is 0. The van der Waals surface area contributed by atoms with Crippen molar-refractivity contribution in [3.63, 3.8) is 0 Å². The average molecular weight is 558 g/mol. The molecule has 0 aliphatic heterocycles. The summed E-state index contributed by atoms with van der Waals surface area (Å²) in [5.74, 6) is 0.